The van der Waals surface area contributed by atoms with Crippen LogP contribution in [0.25, 0.3) is 10.2 Å². The predicted octanol–water partition coefficient (Wildman–Crippen LogP) is 3.64. The van der Waals surface area contributed by atoms with Gasteiger partial charge in [0.2, 0.25) is 0 Å². The number of thiophene rings is 1. The van der Waals surface area contributed by atoms with E-state index < -0.39 is 0 Å². The number of hydrogen-bond donors (Lipinski definition) is 2. The molecule has 1 aliphatic carbocycles. The highest BCUT2D eigenvalue weighted by atomic mass is 32.1. The number of carbonyl (C=O) groups is 2. The van der Waals surface area contributed by atoms with Crippen LogP contribution in [0.3, 0.4) is 0 Å². The first kappa shape index (κ1) is 19.9. The van der Waals surface area contributed by atoms with Gasteiger partial charge >= 0.3 is 0 Å². The smallest absolute Gasteiger partial charge is 0.266 e. The Morgan fingerprint density at radius 2 is 2.00 bits per heavy atom. The molecule has 5 rings (SSSR count). The molecule has 0 saturated heterocycles. The van der Waals surface area contributed by atoms with Gasteiger partial charge in [0.25, 0.3) is 17.4 Å². The van der Waals surface area contributed by atoms with Crippen LogP contribution >= 0.6 is 11.3 Å². The van der Waals surface area contributed by atoms with Crippen molar-refractivity contribution in [2.75, 3.05) is 5.32 Å². The van der Waals surface area contributed by atoms with Gasteiger partial charge in [0.05, 0.1) is 10.3 Å². The molecule has 1 saturated carbocycles. The summed E-state index contributed by atoms with van der Waals surface area (Å²) in [5.41, 5.74) is 1.68. The molecule has 31 heavy (non-hydrogen) atoms. The van der Waals surface area contributed by atoms with Crippen molar-refractivity contribution < 1.29 is 9.59 Å². The van der Waals surface area contributed by atoms with Crippen LogP contribution in [0.1, 0.15) is 63.5 Å². The zero-order valence-electron chi connectivity index (χ0n) is 17.4. The molecule has 2 aliphatic rings. The molecule has 0 bridgehead atoms. The first-order chi connectivity index (χ1) is 15.0. The second-order valence-corrected chi connectivity index (χ2v) is 9.31. The molecule has 3 aromatic rings. The number of amides is 2. The predicted molar refractivity (Wildman–Crippen MR) is 121 cm³/mol. The number of fused-ring (bicyclic) bond motifs is 2. The zero-order valence-corrected chi connectivity index (χ0v) is 18.2. The Hall–Kier alpha value is -3.00. The number of nitrogens with one attached hydrogen (secondary N) is 2. The second-order valence-electron chi connectivity index (χ2n) is 8.31. The van der Waals surface area contributed by atoms with Gasteiger partial charge in [-0.25, -0.2) is 4.98 Å². The van der Waals surface area contributed by atoms with Crippen molar-refractivity contribution in [1.29, 1.82) is 0 Å². The molecular weight excluding hydrogens is 412 g/mol. The minimum atomic E-state index is -0.292. The maximum atomic E-state index is 13.1. The standard InChI is InChI=1S/C23H24N4O3S/c1-13-18-22(26-17-8-3-2-4-11-27(17)23(18)30)31-19(13)21(29)25-16-7-5-6-14(12-16)20(28)24-15-9-10-15/h5-7,12,15H,2-4,8-11H2,1H3,(H,24,28)(H,25,29). The molecule has 1 aliphatic heterocycles. The average molecular weight is 437 g/mol. The Bertz CT molecular complexity index is 1260. The third-order valence-corrected chi connectivity index (χ3v) is 7.10. The minimum absolute atomic E-state index is 0.0477. The van der Waals surface area contributed by atoms with Crippen molar-refractivity contribution in [1.82, 2.24) is 14.9 Å². The number of rotatable bonds is 4. The van der Waals surface area contributed by atoms with Gasteiger partial charge in [-0.2, -0.15) is 0 Å². The summed E-state index contributed by atoms with van der Waals surface area (Å²) >= 11 is 1.26. The normalized spacial score (nSPS) is 15.9. The first-order valence-corrected chi connectivity index (χ1v) is 11.6. The van der Waals surface area contributed by atoms with E-state index in [-0.39, 0.29) is 23.4 Å². The number of anilines is 1. The molecular formula is C23H24N4O3S. The number of benzene rings is 1. The summed E-state index contributed by atoms with van der Waals surface area (Å²) in [7, 11) is 0. The summed E-state index contributed by atoms with van der Waals surface area (Å²) < 4.78 is 1.78. The van der Waals surface area contributed by atoms with Gasteiger partial charge in [-0.05, 0) is 56.4 Å². The fourth-order valence-electron chi connectivity index (χ4n) is 4.05. The molecule has 2 amide bonds. The molecule has 7 nitrogen and oxygen atoms in total. The Labute approximate surface area is 183 Å². The number of aryl methyl sites for hydroxylation is 2. The van der Waals surface area contributed by atoms with E-state index >= 15 is 0 Å². The summed E-state index contributed by atoms with van der Waals surface area (Å²) in [4.78, 5) is 44.3. The van der Waals surface area contributed by atoms with E-state index in [1.54, 1.807) is 35.8 Å². The number of hydrogen-bond acceptors (Lipinski definition) is 5. The van der Waals surface area contributed by atoms with Crippen LogP contribution in [0.15, 0.2) is 29.1 Å². The van der Waals surface area contributed by atoms with Crippen molar-refractivity contribution >= 4 is 39.1 Å². The van der Waals surface area contributed by atoms with Crippen LogP contribution in [0.2, 0.25) is 0 Å². The third kappa shape index (κ3) is 3.87. The van der Waals surface area contributed by atoms with Crippen LogP contribution < -0.4 is 16.2 Å². The largest absolute Gasteiger partial charge is 0.349 e. The van der Waals surface area contributed by atoms with Gasteiger partial charge in [0, 0.05) is 30.3 Å². The van der Waals surface area contributed by atoms with Crippen LogP contribution in [-0.4, -0.2) is 27.4 Å². The van der Waals surface area contributed by atoms with Crippen LogP contribution in [0, 0.1) is 6.92 Å². The zero-order chi connectivity index (χ0) is 21.5. The summed E-state index contributed by atoms with van der Waals surface area (Å²) in [6.07, 6.45) is 5.93. The molecule has 8 heteroatoms. The molecule has 3 heterocycles. The monoisotopic (exact) mass is 436 g/mol. The number of nitrogens with zero attached hydrogens (tertiary/aromatic N) is 2. The van der Waals surface area contributed by atoms with Gasteiger partial charge in [-0.1, -0.05) is 12.5 Å². The van der Waals surface area contributed by atoms with Crippen molar-refractivity contribution in [2.24, 2.45) is 0 Å². The average Bonchev–Trinajstić information content (AvgIpc) is 3.54. The molecule has 1 aromatic carbocycles. The van der Waals surface area contributed by atoms with E-state index in [1.165, 1.54) is 11.3 Å². The fraction of sp³-hybridized carbons (Fsp3) is 0.391. The highest BCUT2D eigenvalue weighted by molar-refractivity contribution is 7.20. The van der Waals surface area contributed by atoms with Crippen LogP contribution in [0.5, 0.6) is 0 Å². The van der Waals surface area contributed by atoms with E-state index in [0.717, 1.165) is 44.3 Å². The molecule has 0 atom stereocenters. The van der Waals surface area contributed by atoms with Gasteiger partial charge in [0.15, 0.2) is 0 Å². The Morgan fingerprint density at radius 3 is 2.81 bits per heavy atom. The van der Waals surface area contributed by atoms with Crippen molar-refractivity contribution in [3.63, 3.8) is 0 Å². The van der Waals surface area contributed by atoms with Gasteiger partial charge in [0.1, 0.15) is 10.7 Å². The molecule has 0 radical (unpaired) electrons. The van der Waals surface area contributed by atoms with Gasteiger partial charge in [-0.15, -0.1) is 11.3 Å². The number of aromatic nitrogens is 2. The minimum Gasteiger partial charge on any atom is -0.349 e. The molecule has 2 aromatic heterocycles. The Morgan fingerprint density at radius 1 is 1.16 bits per heavy atom. The summed E-state index contributed by atoms with van der Waals surface area (Å²) in [5.74, 6) is 0.396. The lowest BCUT2D eigenvalue weighted by molar-refractivity contribution is 0.0949. The Balaban J connectivity index is 1.44. The third-order valence-electron chi connectivity index (χ3n) is 5.91. The molecule has 160 valence electrons. The number of carbonyl (C=O) groups excluding carboxylic acids is 2. The van der Waals surface area contributed by atoms with Crippen molar-refractivity contribution in [3.05, 3.63) is 56.4 Å². The van der Waals surface area contributed by atoms with Crippen LogP contribution in [-0.2, 0) is 13.0 Å². The SMILES string of the molecule is Cc1c(C(=O)Nc2cccc(C(=O)NC3CC3)c2)sc2nc3n(c(=O)c12)CCCCC3. The van der Waals surface area contributed by atoms with E-state index in [4.69, 9.17) is 4.98 Å². The molecule has 0 spiro atoms. The van der Waals surface area contributed by atoms with E-state index in [1.807, 2.05) is 0 Å². The second kappa shape index (κ2) is 7.92. The Kier molecular flexibility index (Phi) is 5.09. The fourth-order valence-corrected chi connectivity index (χ4v) is 5.13. The molecule has 1 fully saturated rings. The topological polar surface area (TPSA) is 93.1 Å². The van der Waals surface area contributed by atoms with E-state index in [2.05, 4.69) is 10.6 Å². The van der Waals surface area contributed by atoms with Crippen molar-refractivity contribution in [2.45, 2.75) is 58.0 Å². The first-order valence-electron chi connectivity index (χ1n) is 10.8. The highest BCUT2D eigenvalue weighted by Gasteiger charge is 2.25. The van der Waals surface area contributed by atoms with Crippen LogP contribution in [0.4, 0.5) is 5.69 Å². The lowest BCUT2D eigenvalue weighted by Crippen LogP contribution is -2.25. The van der Waals surface area contributed by atoms with Crippen molar-refractivity contribution in [3.8, 4) is 0 Å². The van der Waals surface area contributed by atoms with E-state index in [0.29, 0.717) is 38.5 Å². The lowest BCUT2D eigenvalue weighted by Gasteiger charge is -2.08. The summed E-state index contributed by atoms with van der Waals surface area (Å²) in [6.45, 7) is 2.49. The van der Waals surface area contributed by atoms with E-state index in [9.17, 15) is 14.4 Å². The highest BCUT2D eigenvalue weighted by Crippen LogP contribution is 2.29. The maximum Gasteiger partial charge on any atom is 0.266 e. The molecule has 2 N–H and O–H groups in total. The summed E-state index contributed by atoms with van der Waals surface area (Å²) in [5, 5.41) is 6.37. The van der Waals surface area contributed by atoms with Gasteiger partial charge < -0.3 is 10.6 Å². The summed E-state index contributed by atoms with van der Waals surface area (Å²) in [6, 6.07) is 7.18. The quantitative estimate of drug-likeness (QED) is 0.653. The maximum absolute atomic E-state index is 13.1. The van der Waals surface area contributed by atoms with Gasteiger partial charge in [-0.3, -0.25) is 19.0 Å². The lowest BCUT2D eigenvalue weighted by atomic mass is 10.1. The molecule has 0 unspecified atom stereocenters.